The summed E-state index contributed by atoms with van der Waals surface area (Å²) < 4.78 is 33.2. The van der Waals surface area contributed by atoms with Crippen molar-refractivity contribution in [1.29, 1.82) is 0 Å². The van der Waals surface area contributed by atoms with Crippen LogP contribution in [0.5, 0.6) is 0 Å². The van der Waals surface area contributed by atoms with E-state index in [4.69, 9.17) is 5.10 Å². The summed E-state index contributed by atoms with van der Waals surface area (Å²) in [6, 6.07) is 7.53. The molecule has 6 aliphatic rings. The van der Waals surface area contributed by atoms with Crippen LogP contribution in [0, 0.1) is 5.92 Å². The fourth-order valence-corrected chi connectivity index (χ4v) is 10.8. The number of piperidine rings is 2. The Bertz CT molecular complexity index is 2650. The summed E-state index contributed by atoms with van der Waals surface area (Å²) >= 11 is 0. The van der Waals surface area contributed by atoms with Crippen molar-refractivity contribution in [2.45, 2.75) is 83.3 Å². The number of nitrogens with zero attached hydrogens (tertiary/aromatic N) is 9. The molecule has 0 saturated carbocycles. The second-order valence-electron chi connectivity index (χ2n) is 18.5. The fourth-order valence-electron chi connectivity index (χ4n) is 10.8. The van der Waals surface area contributed by atoms with Gasteiger partial charge in [0.05, 0.1) is 36.5 Å². The highest BCUT2D eigenvalue weighted by Gasteiger charge is 2.46. The van der Waals surface area contributed by atoms with Crippen LogP contribution in [0.15, 0.2) is 42.7 Å². The number of nitrogens with one attached hydrogen (secondary N) is 2. The lowest BCUT2D eigenvalue weighted by Crippen LogP contribution is -2.54. The number of benzene rings is 2. The summed E-state index contributed by atoms with van der Waals surface area (Å²) in [6.07, 6.45) is 5.23. The molecule has 6 aliphatic heterocycles. The molecule has 0 aliphatic carbocycles. The molecule has 17 nitrogen and oxygen atoms in total. The minimum absolute atomic E-state index is 0.0235. The minimum Gasteiger partial charge on any atom is -0.384 e. The number of imide groups is 2. The highest BCUT2D eigenvalue weighted by atomic mass is 19.3. The van der Waals surface area contributed by atoms with E-state index in [-0.39, 0.29) is 47.4 Å². The van der Waals surface area contributed by atoms with Crippen molar-refractivity contribution >= 4 is 52.6 Å². The molecule has 3 saturated heterocycles. The fraction of sp³-hybridized carbons (Fsp3) is 0.489. The smallest absolute Gasteiger partial charge is 0.264 e. The van der Waals surface area contributed by atoms with Gasteiger partial charge in [0, 0.05) is 113 Å². The van der Waals surface area contributed by atoms with Crippen LogP contribution >= 0.6 is 0 Å². The van der Waals surface area contributed by atoms with Gasteiger partial charge in [-0.05, 0) is 79.8 Å². The van der Waals surface area contributed by atoms with Crippen LogP contribution in [0.1, 0.15) is 101 Å². The highest BCUT2D eigenvalue weighted by molar-refractivity contribution is 6.25. The zero-order valence-electron chi connectivity index (χ0n) is 37.1. The number of alkyl halides is 2. The summed E-state index contributed by atoms with van der Waals surface area (Å²) in [7, 11) is 1.77. The first-order chi connectivity index (χ1) is 31.8. The number of anilines is 3. The molecule has 346 valence electrons. The molecule has 6 amide bonds. The van der Waals surface area contributed by atoms with E-state index in [1.54, 1.807) is 55.3 Å². The van der Waals surface area contributed by atoms with Crippen molar-refractivity contribution in [3.63, 3.8) is 0 Å². The zero-order valence-corrected chi connectivity index (χ0v) is 37.1. The second kappa shape index (κ2) is 17.4. The molecule has 1 unspecified atom stereocenters. The summed E-state index contributed by atoms with van der Waals surface area (Å²) in [4.78, 5) is 86.0. The Morgan fingerprint density at radius 3 is 2.47 bits per heavy atom. The predicted octanol–water partition coefficient (Wildman–Crippen LogP) is 4.21. The monoisotopic (exact) mass is 905 g/mol. The van der Waals surface area contributed by atoms with E-state index in [1.807, 2.05) is 15.9 Å². The molecule has 3 fully saturated rings. The first-order valence-corrected chi connectivity index (χ1v) is 23.0. The molecule has 0 spiro atoms. The van der Waals surface area contributed by atoms with Crippen molar-refractivity contribution < 1.29 is 37.5 Å². The highest BCUT2D eigenvalue weighted by Crippen LogP contribution is 2.44. The third kappa shape index (κ3) is 7.89. The molecule has 1 atom stereocenters. The minimum atomic E-state index is -2.69. The number of hydrogen-bond acceptors (Lipinski definition) is 11. The molecule has 2 aromatic heterocycles. The van der Waals surface area contributed by atoms with E-state index in [9.17, 15) is 37.5 Å². The third-order valence-corrected chi connectivity index (χ3v) is 14.3. The normalized spacial score (nSPS) is 20.4. The number of carbonyl (C=O) groups excluding carboxylic acids is 6. The largest absolute Gasteiger partial charge is 0.384 e. The number of aryl methyl sites for hydroxylation is 2. The number of rotatable bonds is 11. The zero-order chi connectivity index (χ0) is 46.0. The number of halogens is 2. The average molecular weight is 906 g/mol. The first kappa shape index (κ1) is 43.4. The maximum absolute atomic E-state index is 14.7. The molecular weight excluding hydrogens is 853 g/mol. The maximum atomic E-state index is 14.7. The number of aromatic nitrogens is 4. The Balaban J connectivity index is 0.754. The number of fused-ring (bicyclic) bond motifs is 3. The van der Waals surface area contributed by atoms with Gasteiger partial charge in [-0.3, -0.25) is 53.2 Å². The molecule has 8 heterocycles. The quantitative estimate of drug-likeness (QED) is 0.206. The van der Waals surface area contributed by atoms with Gasteiger partial charge in [0.1, 0.15) is 6.04 Å². The van der Waals surface area contributed by atoms with Crippen LogP contribution in [0.4, 0.5) is 26.0 Å². The average Bonchev–Trinajstić information content (AvgIpc) is 3.98. The number of likely N-dealkylation sites (tertiary alicyclic amines) is 2. The van der Waals surface area contributed by atoms with Crippen molar-refractivity contribution in [1.82, 2.24) is 44.5 Å². The summed E-state index contributed by atoms with van der Waals surface area (Å²) in [5, 5.41) is 15.0. The summed E-state index contributed by atoms with van der Waals surface area (Å²) in [5.41, 5.74) is 5.76. The van der Waals surface area contributed by atoms with Gasteiger partial charge in [-0.1, -0.05) is 6.07 Å². The number of amides is 6. The lowest BCUT2D eigenvalue weighted by Gasteiger charge is -2.41. The molecule has 19 heteroatoms. The Morgan fingerprint density at radius 1 is 0.939 bits per heavy atom. The van der Waals surface area contributed by atoms with Gasteiger partial charge in [0.15, 0.2) is 5.82 Å². The predicted molar refractivity (Wildman–Crippen MR) is 237 cm³/mol. The van der Waals surface area contributed by atoms with Crippen LogP contribution < -0.4 is 15.5 Å². The van der Waals surface area contributed by atoms with Gasteiger partial charge in [-0.25, -0.2) is 8.78 Å². The maximum Gasteiger partial charge on any atom is 0.264 e. The van der Waals surface area contributed by atoms with Gasteiger partial charge in [-0.2, -0.15) is 10.2 Å². The van der Waals surface area contributed by atoms with Crippen molar-refractivity contribution in [2.24, 2.45) is 13.0 Å². The van der Waals surface area contributed by atoms with Crippen LogP contribution in [0.3, 0.4) is 0 Å². The molecule has 2 aromatic carbocycles. The second-order valence-corrected chi connectivity index (χ2v) is 18.5. The lowest BCUT2D eigenvalue weighted by atomic mass is 9.92. The molecular formula is C47H53F2N11O6. The molecule has 0 radical (unpaired) electrons. The van der Waals surface area contributed by atoms with Gasteiger partial charge < -0.3 is 20.0 Å². The Labute approximate surface area is 380 Å². The first-order valence-electron chi connectivity index (χ1n) is 23.0. The SMILES string of the molecule is CC(=O)N1CCc2c(c(N3CCCc4cc(-c5cnn(C)c5)c(C(F)F)cc43)nn2C2CCN(C(=O)CN3CC(CCNc4cccc5c4C(=O)N(C4CCC(=O)NC4=O)C5=O)C3)CC2)C1. The van der Waals surface area contributed by atoms with E-state index in [2.05, 4.69) is 30.2 Å². The molecule has 10 rings (SSSR count). The Hall–Kier alpha value is -6.50. The van der Waals surface area contributed by atoms with Gasteiger partial charge >= 0.3 is 0 Å². The van der Waals surface area contributed by atoms with Crippen LogP contribution in [0.25, 0.3) is 11.1 Å². The van der Waals surface area contributed by atoms with Gasteiger partial charge in [0.25, 0.3) is 18.2 Å². The third-order valence-electron chi connectivity index (χ3n) is 14.3. The molecule has 2 N–H and O–H groups in total. The van der Waals surface area contributed by atoms with Crippen molar-refractivity contribution in [2.75, 3.05) is 62.6 Å². The van der Waals surface area contributed by atoms with Gasteiger partial charge in [0.2, 0.25) is 23.6 Å². The standard InChI is InChI=1S/C47H53F2N11O6/c1-27(61)57-18-13-37-35(25-57)44(58-15-4-5-29-19-33(30-21-51-54(2)24-30)34(43(48)49)20-39(29)58)53-60(37)31-11-16-56(17-12-31)41(63)26-55-22-28(23-55)10-14-50-36-7-3-6-32-42(36)47(66)59(46(32)65)38-8-9-40(62)52-45(38)64/h3,6-7,19-21,24,28,31,38,43,50H,4-5,8-18,22-23,25-26H2,1-2H3,(H,52,62,64). The van der Waals surface area contributed by atoms with Crippen molar-refractivity contribution in [3.05, 3.63) is 76.2 Å². The summed E-state index contributed by atoms with van der Waals surface area (Å²) in [5.74, 6) is -1.04. The van der Waals surface area contributed by atoms with Crippen LogP contribution in [-0.4, -0.2) is 133 Å². The molecule has 4 aromatic rings. The van der Waals surface area contributed by atoms with Crippen LogP contribution in [0.2, 0.25) is 0 Å². The number of carbonyl (C=O) groups is 6. The van der Waals surface area contributed by atoms with Crippen LogP contribution in [-0.2, 0) is 45.6 Å². The molecule has 66 heavy (non-hydrogen) atoms. The lowest BCUT2D eigenvalue weighted by molar-refractivity contribution is -0.137. The summed E-state index contributed by atoms with van der Waals surface area (Å²) in [6.45, 7) is 6.71. The molecule has 0 bridgehead atoms. The number of hydrogen-bond donors (Lipinski definition) is 2. The van der Waals surface area contributed by atoms with E-state index < -0.39 is 36.1 Å². The van der Waals surface area contributed by atoms with E-state index in [0.717, 1.165) is 59.8 Å². The van der Waals surface area contributed by atoms with E-state index in [1.165, 1.54) is 0 Å². The Kier molecular flexibility index (Phi) is 11.4. The van der Waals surface area contributed by atoms with E-state index in [0.29, 0.717) is 93.6 Å². The topological polar surface area (TPSA) is 178 Å². The van der Waals surface area contributed by atoms with Crippen molar-refractivity contribution in [3.8, 4) is 11.1 Å². The Morgan fingerprint density at radius 2 is 1.74 bits per heavy atom. The van der Waals surface area contributed by atoms with E-state index >= 15 is 0 Å². The van der Waals surface area contributed by atoms with Gasteiger partial charge in [-0.15, -0.1) is 0 Å².